The largest absolute Gasteiger partial charge is 0.390 e. The highest BCUT2D eigenvalue weighted by molar-refractivity contribution is 7.89. The van der Waals surface area contributed by atoms with Crippen LogP contribution in [0.3, 0.4) is 0 Å². The molecule has 0 unspecified atom stereocenters. The molecule has 0 spiro atoms. The zero-order valence-electron chi connectivity index (χ0n) is 12.2. The van der Waals surface area contributed by atoms with Gasteiger partial charge in [0.2, 0.25) is 10.0 Å². The minimum Gasteiger partial charge on any atom is -0.390 e. The molecule has 21 heavy (non-hydrogen) atoms. The first-order valence-electron chi connectivity index (χ1n) is 6.55. The lowest BCUT2D eigenvalue weighted by atomic mass is 9.95. The highest BCUT2D eigenvalue weighted by Gasteiger charge is 2.35. The molecule has 1 aliphatic rings. The van der Waals surface area contributed by atoms with E-state index in [0.717, 1.165) is 15.3 Å². The molecule has 1 aromatic heterocycles. The lowest BCUT2D eigenvalue weighted by Gasteiger charge is -2.34. The summed E-state index contributed by atoms with van der Waals surface area (Å²) in [5.41, 5.74) is -2.31. The summed E-state index contributed by atoms with van der Waals surface area (Å²) in [6, 6.07) is 0. The number of nitrogens with zero attached hydrogens (tertiary/aromatic N) is 3. The van der Waals surface area contributed by atoms with Crippen LogP contribution < -0.4 is 11.2 Å². The first kappa shape index (κ1) is 15.9. The highest BCUT2D eigenvalue weighted by Crippen LogP contribution is 2.24. The number of piperidine rings is 1. The van der Waals surface area contributed by atoms with Gasteiger partial charge in [-0.3, -0.25) is 9.36 Å². The van der Waals surface area contributed by atoms with Gasteiger partial charge in [0.1, 0.15) is 0 Å². The third kappa shape index (κ3) is 2.81. The second-order valence-corrected chi connectivity index (χ2v) is 7.56. The predicted octanol–water partition coefficient (Wildman–Crippen LogP) is -1.38. The smallest absolute Gasteiger partial charge is 0.330 e. The van der Waals surface area contributed by atoms with E-state index in [0.29, 0.717) is 12.8 Å². The molecule has 118 valence electrons. The van der Waals surface area contributed by atoms with Crippen LogP contribution in [0.1, 0.15) is 19.8 Å². The second kappa shape index (κ2) is 5.08. The standard InChI is InChI=1S/C12H19N3O5S/c1-12(18)4-6-15(7-5-12)21(19,20)9-8-13(2)11(17)14(3)10(9)16/h8,18H,4-7H2,1-3H3. The van der Waals surface area contributed by atoms with E-state index in [4.69, 9.17) is 0 Å². The maximum atomic E-state index is 12.6. The van der Waals surface area contributed by atoms with Crippen molar-refractivity contribution in [1.82, 2.24) is 13.4 Å². The molecule has 0 amide bonds. The average molecular weight is 317 g/mol. The lowest BCUT2D eigenvalue weighted by Crippen LogP contribution is -2.47. The summed E-state index contributed by atoms with van der Waals surface area (Å²) in [5, 5.41) is 9.87. The lowest BCUT2D eigenvalue weighted by molar-refractivity contribution is 0.0126. The van der Waals surface area contributed by atoms with Crippen LogP contribution >= 0.6 is 0 Å². The summed E-state index contributed by atoms with van der Waals surface area (Å²) in [4.78, 5) is 23.2. The second-order valence-electron chi connectivity index (χ2n) is 5.65. The first-order valence-corrected chi connectivity index (χ1v) is 7.99. The van der Waals surface area contributed by atoms with Crippen molar-refractivity contribution in [3.8, 4) is 0 Å². The van der Waals surface area contributed by atoms with Gasteiger partial charge in [-0.05, 0) is 19.8 Å². The molecule has 2 rings (SSSR count). The van der Waals surface area contributed by atoms with Gasteiger partial charge < -0.3 is 9.67 Å². The average Bonchev–Trinajstić information content (AvgIpc) is 2.40. The molecule has 1 aromatic rings. The zero-order valence-corrected chi connectivity index (χ0v) is 13.1. The first-order chi connectivity index (χ1) is 9.56. The van der Waals surface area contributed by atoms with Crippen LogP contribution in [0.25, 0.3) is 0 Å². The number of sulfonamides is 1. The summed E-state index contributed by atoms with van der Waals surface area (Å²) >= 11 is 0. The van der Waals surface area contributed by atoms with Crippen molar-refractivity contribution in [1.29, 1.82) is 0 Å². The molecule has 1 aliphatic heterocycles. The van der Waals surface area contributed by atoms with Gasteiger partial charge in [-0.15, -0.1) is 0 Å². The Hall–Kier alpha value is -1.45. The zero-order chi connectivity index (χ0) is 16.0. The Balaban J connectivity index is 2.47. The Morgan fingerprint density at radius 2 is 1.71 bits per heavy atom. The molecular weight excluding hydrogens is 298 g/mol. The molecule has 9 heteroatoms. The van der Waals surface area contributed by atoms with E-state index in [1.807, 2.05) is 0 Å². The molecular formula is C12H19N3O5S. The quantitative estimate of drug-likeness (QED) is 0.724. The fourth-order valence-corrected chi connectivity index (χ4v) is 3.89. The van der Waals surface area contributed by atoms with Gasteiger partial charge in [0.05, 0.1) is 5.60 Å². The van der Waals surface area contributed by atoms with Crippen LogP contribution in [0, 0.1) is 0 Å². The van der Waals surface area contributed by atoms with Crippen molar-refractivity contribution >= 4 is 10.0 Å². The molecule has 0 bridgehead atoms. The topological polar surface area (TPSA) is 102 Å². The van der Waals surface area contributed by atoms with Crippen molar-refractivity contribution < 1.29 is 13.5 Å². The van der Waals surface area contributed by atoms with E-state index in [1.165, 1.54) is 18.4 Å². The Kier molecular flexibility index (Phi) is 3.85. The van der Waals surface area contributed by atoms with Crippen LogP contribution in [0.2, 0.25) is 0 Å². The number of aryl methyl sites for hydroxylation is 1. The molecule has 2 heterocycles. The van der Waals surface area contributed by atoms with Gasteiger partial charge in [0.25, 0.3) is 5.56 Å². The van der Waals surface area contributed by atoms with Crippen molar-refractivity contribution in [2.45, 2.75) is 30.3 Å². The molecule has 0 saturated carbocycles. The Morgan fingerprint density at radius 1 is 1.19 bits per heavy atom. The van der Waals surface area contributed by atoms with Crippen LogP contribution in [0.15, 0.2) is 20.7 Å². The van der Waals surface area contributed by atoms with Crippen LogP contribution in [-0.2, 0) is 24.1 Å². The monoisotopic (exact) mass is 317 g/mol. The van der Waals surface area contributed by atoms with E-state index in [2.05, 4.69) is 0 Å². The van der Waals surface area contributed by atoms with Crippen molar-refractivity contribution in [3.63, 3.8) is 0 Å². The number of aromatic nitrogens is 2. The van der Waals surface area contributed by atoms with Crippen LogP contribution in [0.5, 0.6) is 0 Å². The van der Waals surface area contributed by atoms with E-state index >= 15 is 0 Å². The molecule has 1 saturated heterocycles. The van der Waals surface area contributed by atoms with Gasteiger partial charge in [-0.2, -0.15) is 4.31 Å². The van der Waals surface area contributed by atoms with Gasteiger partial charge >= 0.3 is 5.69 Å². The van der Waals surface area contributed by atoms with Crippen molar-refractivity contribution in [2.24, 2.45) is 14.1 Å². The normalized spacial score (nSPS) is 19.6. The summed E-state index contributed by atoms with van der Waals surface area (Å²) in [5.74, 6) is 0. The Labute approximate surface area is 122 Å². The molecule has 0 radical (unpaired) electrons. The number of hydrogen-bond donors (Lipinski definition) is 1. The number of aliphatic hydroxyl groups is 1. The third-order valence-corrected chi connectivity index (χ3v) is 5.71. The van der Waals surface area contributed by atoms with Gasteiger partial charge in [0.15, 0.2) is 4.90 Å². The van der Waals surface area contributed by atoms with Gasteiger partial charge in [-0.1, -0.05) is 0 Å². The van der Waals surface area contributed by atoms with E-state index < -0.39 is 31.8 Å². The maximum absolute atomic E-state index is 12.6. The predicted molar refractivity (Wildman–Crippen MR) is 75.5 cm³/mol. The third-order valence-electron chi connectivity index (χ3n) is 3.83. The minimum atomic E-state index is -3.98. The molecule has 0 atom stereocenters. The Morgan fingerprint density at radius 3 is 2.24 bits per heavy atom. The molecule has 8 nitrogen and oxygen atoms in total. The van der Waals surface area contributed by atoms with Gasteiger partial charge in [0, 0.05) is 33.4 Å². The summed E-state index contributed by atoms with van der Waals surface area (Å²) < 4.78 is 28.1. The van der Waals surface area contributed by atoms with Crippen molar-refractivity contribution in [3.05, 3.63) is 27.0 Å². The fraction of sp³-hybridized carbons (Fsp3) is 0.667. The molecule has 0 aromatic carbocycles. The summed E-state index contributed by atoms with van der Waals surface area (Å²) in [6.45, 7) is 1.94. The minimum absolute atomic E-state index is 0.140. The summed E-state index contributed by atoms with van der Waals surface area (Å²) in [6.07, 6.45) is 1.66. The Bertz CT molecular complexity index is 765. The SMILES string of the molecule is Cn1cc(S(=O)(=O)N2CCC(C)(O)CC2)c(=O)n(C)c1=O. The molecule has 1 fully saturated rings. The highest BCUT2D eigenvalue weighted by atomic mass is 32.2. The molecule has 0 aliphatic carbocycles. The summed E-state index contributed by atoms with van der Waals surface area (Å²) in [7, 11) is -1.34. The van der Waals surface area contributed by atoms with E-state index in [1.54, 1.807) is 6.92 Å². The van der Waals surface area contributed by atoms with Crippen LogP contribution in [-0.4, -0.2) is 45.7 Å². The number of rotatable bonds is 2. The van der Waals surface area contributed by atoms with E-state index in [-0.39, 0.29) is 13.1 Å². The fourth-order valence-electron chi connectivity index (χ4n) is 2.30. The number of hydrogen-bond acceptors (Lipinski definition) is 5. The van der Waals surface area contributed by atoms with Gasteiger partial charge in [-0.25, -0.2) is 13.2 Å². The molecule has 1 N–H and O–H groups in total. The van der Waals surface area contributed by atoms with E-state index in [9.17, 15) is 23.1 Å². The van der Waals surface area contributed by atoms with Crippen molar-refractivity contribution in [2.75, 3.05) is 13.1 Å². The maximum Gasteiger partial charge on any atom is 0.330 e. The van der Waals surface area contributed by atoms with Crippen LogP contribution in [0.4, 0.5) is 0 Å².